The maximum Gasteiger partial charge on any atom is 0.323 e. The number of carbonyl (C=O) groups excluding carboxylic acids is 4. The van der Waals surface area contributed by atoms with Gasteiger partial charge in [0.2, 0.25) is 0 Å². The van der Waals surface area contributed by atoms with Crippen molar-refractivity contribution in [2.75, 3.05) is 27.4 Å². The number of nitrogens with zero attached hydrogens (tertiary/aromatic N) is 2. The molecule has 2 aromatic carbocycles. The summed E-state index contributed by atoms with van der Waals surface area (Å²) in [6.07, 6.45) is 0.461. The zero-order valence-corrected chi connectivity index (χ0v) is 26.6. The fourth-order valence-corrected chi connectivity index (χ4v) is 3.96. The van der Waals surface area contributed by atoms with Gasteiger partial charge in [-0.15, -0.1) is 0 Å². The number of esters is 4. The second kappa shape index (κ2) is 20.1. The number of nitro groups is 2. The van der Waals surface area contributed by atoms with Gasteiger partial charge >= 0.3 is 23.9 Å². The number of ether oxygens (including phenoxy) is 4. The third-order valence-corrected chi connectivity index (χ3v) is 6.33. The van der Waals surface area contributed by atoms with Crippen molar-refractivity contribution in [1.29, 1.82) is 0 Å². The van der Waals surface area contributed by atoms with E-state index in [0.29, 0.717) is 11.1 Å². The van der Waals surface area contributed by atoms with Crippen LogP contribution in [0.15, 0.2) is 48.5 Å². The third-order valence-electron chi connectivity index (χ3n) is 6.33. The van der Waals surface area contributed by atoms with Gasteiger partial charge in [-0.3, -0.25) is 50.0 Å². The van der Waals surface area contributed by atoms with Gasteiger partial charge in [-0.2, -0.15) is 0 Å². The van der Waals surface area contributed by atoms with Gasteiger partial charge < -0.3 is 18.9 Å². The molecule has 0 aliphatic heterocycles. The molecule has 0 bridgehead atoms. The van der Waals surface area contributed by atoms with Crippen molar-refractivity contribution in [3.8, 4) is 0 Å². The van der Waals surface area contributed by atoms with Gasteiger partial charge in [0.05, 0.1) is 37.3 Å². The van der Waals surface area contributed by atoms with Crippen LogP contribution in [0.2, 0.25) is 0 Å². The maximum absolute atomic E-state index is 11.9. The van der Waals surface area contributed by atoms with Crippen LogP contribution in [-0.4, -0.2) is 85.3 Å². The zero-order valence-electron chi connectivity index (χ0n) is 26.6. The van der Waals surface area contributed by atoms with E-state index >= 15 is 0 Å². The minimum atomic E-state index is -0.763. The van der Waals surface area contributed by atoms with E-state index in [1.54, 1.807) is 52.0 Å². The summed E-state index contributed by atoms with van der Waals surface area (Å²) in [5.41, 5.74) is 1.34. The van der Waals surface area contributed by atoms with Gasteiger partial charge in [0.1, 0.15) is 24.2 Å². The van der Waals surface area contributed by atoms with Crippen LogP contribution in [0.1, 0.15) is 38.8 Å². The smallest absolute Gasteiger partial charge is 0.323 e. The van der Waals surface area contributed by atoms with Crippen molar-refractivity contribution in [2.45, 2.75) is 64.7 Å². The Morgan fingerprint density at radius 2 is 0.935 bits per heavy atom. The number of carbonyl (C=O) groups is 4. The second-order valence-corrected chi connectivity index (χ2v) is 9.69. The molecule has 4 atom stereocenters. The molecule has 0 aliphatic rings. The monoisotopic (exact) mass is 648 g/mol. The largest absolute Gasteiger partial charge is 0.468 e. The molecule has 0 aromatic heterocycles. The summed E-state index contributed by atoms with van der Waals surface area (Å²) in [7, 11) is 2.50. The molecule has 46 heavy (non-hydrogen) atoms. The molecule has 16 nitrogen and oxygen atoms in total. The number of hydrogen-bond acceptors (Lipinski definition) is 14. The van der Waals surface area contributed by atoms with E-state index in [9.17, 15) is 39.4 Å². The Kier molecular flexibility index (Phi) is 17.1. The molecular formula is C30H40N4O12. The van der Waals surface area contributed by atoms with Crippen LogP contribution in [0, 0.1) is 20.2 Å². The van der Waals surface area contributed by atoms with Crippen LogP contribution in [0.5, 0.6) is 0 Å². The van der Waals surface area contributed by atoms with Crippen molar-refractivity contribution >= 4 is 35.3 Å². The molecule has 2 N–H and O–H groups in total. The standard InChI is InChI=1S/2C15H20N2O6/c2*1-4-23-14(18)10(2)16-13(15(19)22-3)9-11-5-7-12(8-6-11)17(20)21/h2*5-8,10,13,16H,4,9H2,1-3H3/t10-,13+;10-,13-/m01/s1. The lowest BCUT2D eigenvalue weighted by atomic mass is 10.0. The molecule has 2 aromatic rings. The summed E-state index contributed by atoms with van der Waals surface area (Å²) in [6.45, 7) is 7.05. The maximum atomic E-state index is 11.9. The zero-order chi connectivity index (χ0) is 34.8. The normalized spacial score (nSPS) is 13.0. The SMILES string of the molecule is CCOC(=O)[C@@H](C)N[C@H](Cc1ccc([N+](=O)[O-])cc1)C(=O)OC.CCOC(=O)[C@H](C)N[C@H](Cc1ccc([N+](=O)[O-])cc1)C(=O)OC. The Labute approximate surface area is 266 Å². The molecule has 0 heterocycles. The molecule has 0 amide bonds. The molecule has 16 heteroatoms. The first-order chi connectivity index (χ1) is 21.8. The summed E-state index contributed by atoms with van der Waals surface area (Å²) in [5.74, 6) is -1.99. The lowest BCUT2D eigenvalue weighted by molar-refractivity contribution is -0.385. The van der Waals surface area contributed by atoms with E-state index in [1.165, 1.54) is 38.5 Å². The van der Waals surface area contributed by atoms with E-state index in [4.69, 9.17) is 18.9 Å². The van der Waals surface area contributed by atoms with Gasteiger partial charge in [0, 0.05) is 24.3 Å². The summed E-state index contributed by atoms with van der Waals surface area (Å²) in [5, 5.41) is 27.0. The number of rotatable bonds is 16. The minimum Gasteiger partial charge on any atom is -0.468 e. The molecule has 0 saturated carbocycles. The summed E-state index contributed by atoms with van der Waals surface area (Å²) in [6, 6.07) is 8.79. The average molecular weight is 649 g/mol. The fraction of sp³-hybridized carbons (Fsp3) is 0.467. The minimum absolute atomic E-state index is 0.0313. The first kappa shape index (κ1) is 39.1. The third kappa shape index (κ3) is 13.4. The van der Waals surface area contributed by atoms with Gasteiger partial charge in [0.15, 0.2) is 0 Å². The number of nitro benzene ring substituents is 2. The van der Waals surface area contributed by atoms with Crippen LogP contribution in [0.4, 0.5) is 11.4 Å². The predicted molar refractivity (Wildman–Crippen MR) is 164 cm³/mol. The number of non-ortho nitro benzene ring substituents is 2. The van der Waals surface area contributed by atoms with Crippen molar-refractivity contribution < 1.29 is 48.0 Å². The molecular weight excluding hydrogens is 608 g/mol. The average Bonchev–Trinajstić information content (AvgIpc) is 3.04. The fourth-order valence-electron chi connectivity index (χ4n) is 3.96. The number of benzene rings is 2. The van der Waals surface area contributed by atoms with Crippen LogP contribution in [-0.2, 0) is 51.0 Å². The highest BCUT2D eigenvalue weighted by molar-refractivity contribution is 5.80. The Hall–Kier alpha value is -4.96. The number of methoxy groups -OCH3 is 2. The molecule has 252 valence electrons. The molecule has 0 fully saturated rings. The van der Waals surface area contributed by atoms with Crippen molar-refractivity contribution in [1.82, 2.24) is 10.6 Å². The van der Waals surface area contributed by atoms with Crippen molar-refractivity contribution in [3.05, 3.63) is 79.9 Å². The highest BCUT2D eigenvalue weighted by Gasteiger charge is 2.26. The van der Waals surface area contributed by atoms with E-state index in [2.05, 4.69) is 10.6 Å². The highest BCUT2D eigenvalue weighted by Crippen LogP contribution is 2.15. The van der Waals surface area contributed by atoms with Gasteiger partial charge in [-0.1, -0.05) is 24.3 Å². The predicted octanol–water partition coefficient (Wildman–Crippen LogP) is 2.44. The Bertz CT molecular complexity index is 1220. The van der Waals surface area contributed by atoms with E-state index in [-0.39, 0.29) is 37.4 Å². The lowest BCUT2D eigenvalue weighted by Gasteiger charge is -2.20. The van der Waals surface area contributed by atoms with Crippen LogP contribution in [0.25, 0.3) is 0 Å². The lowest BCUT2D eigenvalue weighted by Crippen LogP contribution is -2.47. The summed E-state index contributed by atoms with van der Waals surface area (Å²) < 4.78 is 19.2. The van der Waals surface area contributed by atoms with Gasteiger partial charge in [0.25, 0.3) is 11.4 Å². The van der Waals surface area contributed by atoms with Gasteiger partial charge in [-0.25, -0.2) is 0 Å². The summed E-state index contributed by atoms with van der Waals surface area (Å²) >= 11 is 0. The number of nitrogens with one attached hydrogen (secondary N) is 2. The van der Waals surface area contributed by atoms with Crippen molar-refractivity contribution in [3.63, 3.8) is 0 Å². The Balaban J connectivity index is 0.000000460. The van der Waals surface area contributed by atoms with Crippen LogP contribution in [0.3, 0.4) is 0 Å². The quantitative estimate of drug-likeness (QED) is 0.116. The topological polar surface area (TPSA) is 216 Å². The van der Waals surface area contributed by atoms with Crippen LogP contribution >= 0.6 is 0 Å². The van der Waals surface area contributed by atoms with E-state index in [1.807, 2.05) is 0 Å². The number of hydrogen-bond donors (Lipinski definition) is 2. The molecule has 0 spiro atoms. The molecule has 0 saturated heterocycles. The molecule has 0 unspecified atom stereocenters. The highest BCUT2D eigenvalue weighted by atomic mass is 16.6. The Morgan fingerprint density at radius 3 is 1.17 bits per heavy atom. The molecule has 0 aliphatic carbocycles. The summed E-state index contributed by atoms with van der Waals surface area (Å²) in [4.78, 5) is 67.3. The second-order valence-electron chi connectivity index (χ2n) is 9.69. The van der Waals surface area contributed by atoms with E-state index < -0.39 is 57.9 Å². The first-order valence-electron chi connectivity index (χ1n) is 14.2. The van der Waals surface area contributed by atoms with Gasteiger partial charge in [-0.05, 0) is 51.7 Å². The Morgan fingerprint density at radius 1 is 0.630 bits per heavy atom. The van der Waals surface area contributed by atoms with Crippen molar-refractivity contribution in [2.24, 2.45) is 0 Å². The van der Waals surface area contributed by atoms with E-state index in [0.717, 1.165) is 0 Å². The first-order valence-corrected chi connectivity index (χ1v) is 14.2. The van der Waals surface area contributed by atoms with Crippen LogP contribution < -0.4 is 10.6 Å². The molecule has 2 rings (SSSR count). The molecule has 0 radical (unpaired) electrons.